The van der Waals surface area contributed by atoms with Crippen LogP contribution in [-0.4, -0.2) is 31.3 Å². The molecule has 4 rings (SSSR count). The smallest absolute Gasteiger partial charge is 0.337 e. The lowest BCUT2D eigenvalue weighted by atomic mass is 9.75. The summed E-state index contributed by atoms with van der Waals surface area (Å²) < 4.78 is 10.4. The average Bonchev–Trinajstić information content (AvgIpc) is 2.98. The van der Waals surface area contributed by atoms with Gasteiger partial charge in [0.25, 0.3) is 0 Å². The molecule has 0 radical (unpaired) electrons. The predicted octanol–water partition coefficient (Wildman–Crippen LogP) is 3.49. The fourth-order valence-corrected chi connectivity index (χ4v) is 4.28. The van der Waals surface area contributed by atoms with E-state index in [9.17, 15) is 4.79 Å². The molecule has 2 heterocycles. The number of methoxy groups -OCH3 is 1. The van der Waals surface area contributed by atoms with Crippen molar-refractivity contribution in [2.24, 2.45) is 11.8 Å². The number of nitrogens with one attached hydrogen (secondary N) is 1. The molecule has 1 fully saturated rings. The number of aryl methyl sites for hydroxylation is 1. The van der Waals surface area contributed by atoms with E-state index in [0.717, 1.165) is 43.4 Å². The van der Waals surface area contributed by atoms with Gasteiger partial charge in [-0.05, 0) is 67.7 Å². The molecule has 4 heteroatoms. The highest BCUT2D eigenvalue weighted by Gasteiger charge is 2.29. The molecule has 0 saturated carbocycles. The van der Waals surface area contributed by atoms with Crippen LogP contribution in [0.3, 0.4) is 0 Å². The Morgan fingerprint density at radius 3 is 2.83 bits per heavy atom. The lowest BCUT2D eigenvalue weighted by Gasteiger charge is -2.33. The number of hydrogen-bond acceptors (Lipinski definition) is 3. The van der Waals surface area contributed by atoms with E-state index < -0.39 is 0 Å². The third kappa shape index (κ3) is 2.65. The number of benzene rings is 1. The van der Waals surface area contributed by atoms with Gasteiger partial charge in [0.05, 0.1) is 12.7 Å². The van der Waals surface area contributed by atoms with E-state index in [-0.39, 0.29) is 5.97 Å². The Kier molecular flexibility index (Phi) is 3.85. The standard InChI is InChI=1S/C19H23NO3/c1-22-19(21)14-3-5-18-16(11-14)15-10-13(2-4-17(15)20-18)12-6-8-23-9-7-12/h3,5,11-13,20H,2,4,6-10H2,1H3/t13-/m0/s1. The van der Waals surface area contributed by atoms with Gasteiger partial charge < -0.3 is 14.5 Å². The minimum absolute atomic E-state index is 0.265. The zero-order valence-corrected chi connectivity index (χ0v) is 13.6. The van der Waals surface area contributed by atoms with Crippen LogP contribution in [0.5, 0.6) is 0 Å². The quantitative estimate of drug-likeness (QED) is 0.864. The van der Waals surface area contributed by atoms with Gasteiger partial charge in [0.15, 0.2) is 0 Å². The maximum Gasteiger partial charge on any atom is 0.337 e. The van der Waals surface area contributed by atoms with E-state index in [1.54, 1.807) is 0 Å². The molecule has 1 aromatic heterocycles. The highest BCUT2D eigenvalue weighted by molar-refractivity contribution is 5.96. The Labute approximate surface area is 136 Å². The van der Waals surface area contributed by atoms with Gasteiger partial charge in [0.1, 0.15) is 0 Å². The minimum atomic E-state index is -0.265. The van der Waals surface area contributed by atoms with Crippen LogP contribution < -0.4 is 0 Å². The first-order valence-corrected chi connectivity index (χ1v) is 8.56. The number of esters is 1. The maximum atomic E-state index is 11.8. The third-order valence-corrected chi connectivity index (χ3v) is 5.58. The van der Waals surface area contributed by atoms with Gasteiger partial charge in [-0.1, -0.05) is 0 Å². The molecule has 1 N–H and O–H groups in total. The maximum absolute atomic E-state index is 11.8. The number of aromatic amines is 1. The summed E-state index contributed by atoms with van der Waals surface area (Å²) in [5.41, 5.74) is 4.53. The van der Waals surface area contributed by atoms with Gasteiger partial charge in [-0.2, -0.15) is 0 Å². The molecular formula is C19H23NO3. The highest BCUT2D eigenvalue weighted by atomic mass is 16.5. The van der Waals surface area contributed by atoms with Gasteiger partial charge >= 0.3 is 5.97 Å². The van der Waals surface area contributed by atoms with Crippen molar-refractivity contribution in [1.82, 2.24) is 4.98 Å². The summed E-state index contributed by atoms with van der Waals surface area (Å²) in [6.07, 6.45) is 5.87. The largest absolute Gasteiger partial charge is 0.465 e. The van der Waals surface area contributed by atoms with Crippen LogP contribution in [0.25, 0.3) is 10.9 Å². The second-order valence-corrected chi connectivity index (χ2v) is 6.79. The zero-order chi connectivity index (χ0) is 15.8. The Hall–Kier alpha value is -1.81. The summed E-state index contributed by atoms with van der Waals surface area (Å²) in [7, 11) is 1.43. The van der Waals surface area contributed by atoms with Crippen molar-refractivity contribution >= 4 is 16.9 Å². The number of H-pyrrole nitrogens is 1. The minimum Gasteiger partial charge on any atom is -0.465 e. The van der Waals surface area contributed by atoms with E-state index in [4.69, 9.17) is 9.47 Å². The molecule has 1 saturated heterocycles. The van der Waals surface area contributed by atoms with Crippen molar-refractivity contribution < 1.29 is 14.3 Å². The Bertz CT molecular complexity index is 728. The summed E-state index contributed by atoms with van der Waals surface area (Å²) in [6.45, 7) is 1.82. The van der Waals surface area contributed by atoms with E-state index in [1.165, 1.54) is 43.0 Å². The summed E-state index contributed by atoms with van der Waals surface area (Å²) in [5, 5.41) is 1.19. The summed E-state index contributed by atoms with van der Waals surface area (Å²) >= 11 is 0. The van der Waals surface area contributed by atoms with Gasteiger partial charge in [-0.25, -0.2) is 4.79 Å². The van der Waals surface area contributed by atoms with E-state index in [1.807, 2.05) is 18.2 Å². The van der Waals surface area contributed by atoms with E-state index in [2.05, 4.69) is 4.98 Å². The zero-order valence-electron chi connectivity index (χ0n) is 13.6. The van der Waals surface area contributed by atoms with Crippen LogP contribution >= 0.6 is 0 Å². The molecule has 122 valence electrons. The molecule has 1 aliphatic carbocycles. The Balaban J connectivity index is 1.67. The number of ether oxygens (including phenoxy) is 2. The van der Waals surface area contributed by atoms with Crippen LogP contribution in [0.2, 0.25) is 0 Å². The Morgan fingerprint density at radius 1 is 1.22 bits per heavy atom. The van der Waals surface area contributed by atoms with Crippen molar-refractivity contribution in [2.45, 2.75) is 32.1 Å². The lowest BCUT2D eigenvalue weighted by molar-refractivity contribution is 0.0439. The van der Waals surface area contributed by atoms with Crippen molar-refractivity contribution in [2.75, 3.05) is 20.3 Å². The molecule has 23 heavy (non-hydrogen) atoms. The van der Waals surface area contributed by atoms with Gasteiger partial charge in [0.2, 0.25) is 0 Å². The van der Waals surface area contributed by atoms with Crippen molar-refractivity contribution in [3.63, 3.8) is 0 Å². The Morgan fingerprint density at radius 2 is 2.04 bits per heavy atom. The second kappa shape index (κ2) is 6.00. The van der Waals surface area contributed by atoms with Gasteiger partial charge in [0, 0.05) is 29.8 Å². The number of carbonyl (C=O) groups excluding carboxylic acids is 1. The molecule has 1 atom stereocenters. The molecule has 1 aliphatic heterocycles. The summed E-state index contributed by atoms with van der Waals surface area (Å²) in [4.78, 5) is 15.4. The predicted molar refractivity (Wildman–Crippen MR) is 88.7 cm³/mol. The highest BCUT2D eigenvalue weighted by Crippen LogP contribution is 2.38. The normalized spacial score (nSPS) is 22.0. The van der Waals surface area contributed by atoms with Crippen LogP contribution in [0, 0.1) is 11.8 Å². The molecule has 2 aromatic rings. The number of fused-ring (bicyclic) bond motifs is 3. The number of aromatic nitrogens is 1. The first-order chi connectivity index (χ1) is 11.3. The van der Waals surface area contributed by atoms with Crippen molar-refractivity contribution in [1.29, 1.82) is 0 Å². The van der Waals surface area contributed by atoms with E-state index >= 15 is 0 Å². The third-order valence-electron chi connectivity index (χ3n) is 5.58. The first-order valence-electron chi connectivity index (χ1n) is 8.56. The molecular weight excluding hydrogens is 290 g/mol. The summed E-state index contributed by atoms with van der Waals surface area (Å²) in [6, 6.07) is 5.83. The molecule has 2 aliphatic rings. The molecule has 0 amide bonds. The van der Waals surface area contributed by atoms with E-state index in [0.29, 0.717) is 5.56 Å². The van der Waals surface area contributed by atoms with Gasteiger partial charge in [-0.15, -0.1) is 0 Å². The van der Waals surface area contributed by atoms with Crippen LogP contribution in [0.15, 0.2) is 18.2 Å². The fraction of sp³-hybridized carbons (Fsp3) is 0.526. The fourth-order valence-electron chi connectivity index (χ4n) is 4.28. The van der Waals surface area contributed by atoms with Crippen LogP contribution in [0.1, 0.15) is 40.9 Å². The van der Waals surface area contributed by atoms with Crippen molar-refractivity contribution in [3.8, 4) is 0 Å². The summed E-state index contributed by atoms with van der Waals surface area (Å²) in [5.74, 6) is 1.26. The molecule has 1 aromatic carbocycles. The monoisotopic (exact) mass is 313 g/mol. The number of hydrogen-bond donors (Lipinski definition) is 1. The number of rotatable bonds is 2. The molecule has 4 nitrogen and oxygen atoms in total. The SMILES string of the molecule is COC(=O)c1ccc2[nH]c3c(c2c1)C[C@@H](C1CCOCC1)CC3. The topological polar surface area (TPSA) is 51.3 Å². The second-order valence-electron chi connectivity index (χ2n) is 6.79. The first kappa shape index (κ1) is 14.8. The van der Waals surface area contributed by atoms with Crippen molar-refractivity contribution in [3.05, 3.63) is 35.0 Å². The van der Waals surface area contributed by atoms with Crippen LogP contribution in [-0.2, 0) is 22.3 Å². The average molecular weight is 313 g/mol. The van der Waals surface area contributed by atoms with Crippen LogP contribution in [0.4, 0.5) is 0 Å². The molecule has 0 bridgehead atoms. The number of carbonyl (C=O) groups is 1. The van der Waals surface area contributed by atoms with Gasteiger partial charge in [-0.3, -0.25) is 0 Å². The molecule has 0 unspecified atom stereocenters. The lowest BCUT2D eigenvalue weighted by Crippen LogP contribution is -2.27. The molecule has 0 spiro atoms.